The molecule has 0 aliphatic carbocycles. The monoisotopic (exact) mass is 377 g/mol. The Labute approximate surface area is 159 Å². The van der Waals surface area contributed by atoms with Gasteiger partial charge in [-0.3, -0.25) is 9.78 Å². The molecular formula is C19H12ClN5O2. The fourth-order valence-corrected chi connectivity index (χ4v) is 2.68. The molecule has 1 N–H and O–H groups in total. The average molecular weight is 378 g/mol. The van der Waals surface area contributed by atoms with Gasteiger partial charge in [0.25, 0.3) is 11.8 Å². The third-order valence-corrected chi connectivity index (χ3v) is 4.08. The number of hydrogen-bond acceptors (Lipinski definition) is 6. The number of halogens is 1. The van der Waals surface area contributed by atoms with E-state index in [1.807, 2.05) is 6.07 Å². The summed E-state index contributed by atoms with van der Waals surface area (Å²) in [6.45, 7) is 0. The van der Waals surface area contributed by atoms with E-state index in [-0.39, 0.29) is 22.5 Å². The van der Waals surface area contributed by atoms with Gasteiger partial charge in [0.05, 0.1) is 16.8 Å². The second kappa shape index (κ2) is 7.35. The smallest absolute Gasteiger partial charge is 0.260 e. The number of nitrogens with zero attached hydrogens (tertiary/aromatic N) is 4. The van der Waals surface area contributed by atoms with E-state index in [1.165, 1.54) is 6.20 Å². The number of anilines is 1. The molecule has 27 heavy (non-hydrogen) atoms. The molecule has 0 radical (unpaired) electrons. The lowest BCUT2D eigenvalue weighted by atomic mass is 10.1. The van der Waals surface area contributed by atoms with Crippen LogP contribution in [0.2, 0.25) is 5.15 Å². The molecular weight excluding hydrogens is 366 g/mol. The quantitative estimate of drug-likeness (QED) is 0.538. The Kier molecular flexibility index (Phi) is 4.59. The van der Waals surface area contributed by atoms with Crippen molar-refractivity contribution in [3.05, 3.63) is 77.8 Å². The van der Waals surface area contributed by atoms with Crippen LogP contribution in [0.5, 0.6) is 0 Å². The lowest BCUT2D eigenvalue weighted by Gasteiger charge is -2.09. The lowest BCUT2D eigenvalue weighted by Crippen LogP contribution is -2.13. The minimum absolute atomic E-state index is 0.130. The van der Waals surface area contributed by atoms with Crippen molar-refractivity contribution >= 4 is 23.2 Å². The van der Waals surface area contributed by atoms with Crippen LogP contribution in [0.25, 0.3) is 22.8 Å². The average Bonchev–Trinajstić information content (AvgIpc) is 3.19. The van der Waals surface area contributed by atoms with Crippen LogP contribution in [0.3, 0.4) is 0 Å². The molecule has 132 valence electrons. The highest BCUT2D eigenvalue weighted by Gasteiger charge is 2.17. The highest BCUT2D eigenvalue weighted by molar-refractivity contribution is 6.33. The second-order valence-corrected chi connectivity index (χ2v) is 5.86. The highest BCUT2D eigenvalue weighted by Crippen LogP contribution is 2.29. The van der Waals surface area contributed by atoms with Crippen LogP contribution in [0.1, 0.15) is 10.4 Å². The molecule has 0 aliphatic heterocycles. The van der Waals surface area contributed by atoms with Gasteiger partial charge in [-0.1, -0.05) is 28.9 Å². The number of nitrogens with one attached hydrogen (secondary N) is 1. The van der Waals surface area contributed by atoms with Gasteiger partial charge in [-0.05, 0) is 36.4 Å². The Morgan fingerprint density at radius 3 is 2.63 bits per heavy atom. The normalized spacial score (nSPS) is 10.6. The van der Waals surface area contributed by atoms with Gasteiger partial charge in [-0.25, -0.2) is 4.98 Å². The third kappa shape index (κ3) is 3.54. The number of aromatic nitrogens is 4. The molecule has 0 saturated carbocycles. The van der Waals surface area contributed by atoms with Gasteiger partial charge >= 0.3 is 0 Å². The number of hydrogen-bond donors (Lipinski definition) is 1. The van der Waals surface area contributed by atoms with Crippen molar-refractivity contribution in [2.24, 2.45) is 0 Å². The Morgan fingerprint density at radius 2 is 1.81 bits per heavy atom. The fraction of sp³-hybridized carbons (Fsp3) is 0. The Balaban J connectivity index is 1.65. The Morgan fingerprint density at radius 1 is 1.00 bits per heavy atom. The van der Waals surface area contributed by atoms with Gasteiger partial charge < -0.3 is 9.84 Å². The van der Waals surface area contributed by atoms with Crippen molar-refractivity contribution in [2.75, 3.05) is 5.32 Å². The summed E-state index contributed by atoms with van der Waals surface area (Å²) in [6.07, 6.45) is 4.82. The van der Waals surface area contributed by atoms with Crippen molar-refractivity contribution < 1.29 is 9.32 Å². The minimum atomic E-state index is -0.380. The summed E-state index contributed by atoms with van der Waals surface area (Å²) in [4.78, 5) is 24.8. The molecule has 0 atom stereocenters. The van der Waals surface area contributed by atoms with Crippen LogP contribution in [-0.4, -0.2) is 26.0 Å². The molecule has 4 rings (SSSR count). The van der Waals surface area contributed by atoms with E-state index in [4.69, 9.17) is 16.1 Å². The van der Waals surface area contributed by atoms with E-state index >= 15 is 0 Å². The number of rotatable bonds is 4. The summed E-state index contributed by atoms with van der Waals surface area (Å²) >= 11 is 6.00. The van der Waals surface area contributed by atoms with Crippen LogP contribution in [-0.2, 0) is 0 Å². The van der Waals surface area contributed by atoms with Crippen LogP contribution in [0, 0.1) is 0 Å². The number of benzene rings is 1. The molecule has 0 fully saturated rings. The van der Waals surface area contributed by atoms with Crippen molar-refractivity contribution in [2.45, 2.75) is 0 Å². The van der Waals surface area contributed by atoms with Gasteiger partial charge in [0, 0.05) is 24.2 Å². The molecule has 4 aromatic rings. The number of pyridine rings is 2. The maximum Gasteiger partial charge on any atom is 0.260 e. The molecule has 0 saturated heterocycles. The lowest BCUT2D eigenvalue weighted by molar-refractivity contribution is 0.102. The maximum absolute atomic E-state index is 12.5. The fourth-order valence-electron chi connectivity index (χ4n) is 2.47. The van der Waals surface area contributed by atoms with Crippen molar-refractivity contribution in [1.29, 1.82) is 0 Å². The molecule has 0 aliphatic rings. The standard InChI is InChI=1S/C19H12ClN5O2/c20-16-14(5-3-9-22-16)18(26)23-15-6-2-1-4-13(15)19-24-17(25-27-19)12-7-10-21-11-8-12/h1-11H,(H,23,26). The first-order valence-electron chi connectivity index (χ1n) is 7.98. The van der Waals surface area contributed by atoms with Gasteiger partial charge in [-0.15, -0.1) is 0 Å². The zero-order chi connectivity index (χ0) is 18.6. The molecule has 8 heteroatoms. The minimum Gasteiger partial charge on any atom is -0.334 e. The van der Waals surface area contributed by atoms with E-state index < -0.39 is 0 Å². The third-order valence-electron chi connectivity index (χ3n) is 3.77. The summed E-state index contributed by atoms with van der Waals surface area (Å²) in [6, 6.07) is 14.0. The number of carbonyl (C=O) groups is 1. The van der Waals surface area contributed by atoms with E-state index in [1.54, 1.807) is 54.9 Å². The Hall–Kier alpha value is -3.58. The topological polar surface area (TPSA) is 93.8 Å². The molecule has 0 unspecified atom stereocenters. The summed E-state index contributed by atoms with van der Waals surface area (Å²) in [5, 5.41) is 6.94. The van der Waals surface area contributed by atoms with Gasteiger partial charge in [0.2, 0.25) is 5.82 Å². The van der Waals surface area contributed by atoms with E-state index in [9.17, 15) is 4.79 Å². The van der Waals surface area contributed by atoms with Gasteiger partial charge in [0.15, 0.2) is 0 Å². The van der Waals surface area contributed by atoms with E-state index in [0.29, 0.717) is 17.1 Å². The predicted molar refractivity (Wildman–Crippen MR) is 100 cm³/mol. The first-order valence-corrected chi connectivity index (χ1v) is 8.35. The summed E-state index contributed by atoms with van der Waals surface area (Å²) in [5.41, 5.74) is 2.17. The van der Waals surface area contributed by atoms with Crippen molar-refractivity contribution in [3.63, 3.8) is 0 Å². The summed E-state index contributed by atoms with van der Waals surface area (Å²) < 4.78 is 5.39. The van der Waals surface area contributed by atoms with Gasteiger partial charge in [-0.2, -0.15) is 4.98 Å². The van der Waals surface area contributed by atoms with Crippen molar-refractivity contribution in [1.82, 2.24) is 20.1 Å². The molecule has 1 aromatic carbocycles. The Bertz CT molecular complexity index is 1100. The summed E-state index contributed by atoms with van der Waals surface area (Å²) in [7, 11) is 0. The molecule has 3 aromatic heterocycles. The highest BCUT2D eigenvalue weighted by atomic mass is 35.5. The molecule has 7 nitrogen and oxygen atoms in total. The predicted octanol–water partition coefficient (Wildman–Crippen LogP) is 4.10. The van der Waals surface area contributed by atoms with E-state index in [2.05, 4.69) is 25.4 Å². The van der Waals surface area contributed by atoms with Crippen molar-refractivity contribution in [3.8, 4) is 22.8 Å². The molecule has 0 spiro atoms. The number of amides is 1. The van der Waals surface area contributed by atoms with E-state index in [0.717, 1.165) is 5.56 Å². The largest absolute Gasteiger partial charge is 0.334 e. The van der Waals surface area contributed by atoms with Gasteiger partial charge in [0.1, 0.15) is 5.15 Å². The molecule has 3 heterocycles. The van der Waals surface area contributed by atoms with Crippen LogP contribution in [0.15, 0.2) is 71.6 Å². The first kappa shape index (κ1) is 16.9. The van der Waals surface area contributed by atoms with Crippen LogP contribution >= 0.6 is 11.6 Å². The molecule has 1 amide bonds. The second-order valence-electron chi connectivity index (χ2n) is 5.50. The number of carbonyl (C=O) groups excluding carboxylic acids is 1. The summed E-state index contributed by atoms with van der Waals surface area (Å²) in [5.74, 6) is 0.341. The maximum atomic E-state index is 12.5. The first-order chi connectivity index (χ1) is 13.2. The van der Waals surface area contributed by atoms with Crippen LogP contribution < -0.4 is 5.32 Å². The van der Waals surface area contributed by atoms with Crippen LogP contribution in [0.4, 0.5) is 5.69 Å². The SMILES string of the molecule is O=C(Nc1ccccc1-c1nc(-c2ccncc2)no1)c1cccnc1Cl. The number of para-hydroxylation sites is 1. The molecule has 0 bridgehead atoms. The zero-order valence-corrected chi connectivity index (χ0v) is 14.6. The zero-order valence-electron chi connectivity index (χ0n) is 13.8.